The SMILES string of the molecule is Cl.NCc1cc(NC(=O)CN2CCCC2=O)cc(C(F)(F)F)c1. The zero-order chi connectivity index (χ0) is 16.3. The smallest absolute Gasteiger partial charge is 0.333 e. The highest BCUT2D eigenvalue weighted by Gasteiger charge is 2.31. The fourth-order valence-electron chi connectivity index (χ4n) is 2.29. The van der Waals surface area contributed by atoms with E-state index in [1.165, 1.54) is 11.0 Å². The normalized spacial score (nSPS) is 14.6. The van der Waals surface area contributed by atoms with Gasteiger partial charge in [0.15, 0.2) is 0 Å². The van der Waals surface area contributed by atoms with Gasteiger partial charge < -0.3 is 16.0 Å². The Balaban J connectivity index is 0.00000264. The fraction of sp³-hybridized carbons (Fsp3) is 0.429. The number of hydrogen-bond acceptors (Lipinski definition) is 3. The van der Waals surface area contributed by atoms with Crippen LogP contribution in [0.3, 0.4) is 0 Å². The average Bonchev–Trinajstić information content (AvgIpc) is 2.82. The molecule has 1 aromatic rings. The Bertz CT molecular complexity index is 593. The summed E-state index contributed by atoms with van der Waals surface area (Å²) in [7, 11) is 0. The molecule has 0 atom stereocenters. The lowest BCUT2D eigenvalue weighted by atomic mass is 10.1. The molecule has 2 amide bonds. The summed E-state index contributed by atoms with van der Waals surface area (Å²) in [4.78, 5) is 24.7. The number of halogens is 4. The molecule has 3 N–H and O–H groups in total. The van der Waals surface area contributed by atoms with Crippen LogP contribution < -0.4 is 11.1 Å². The van der Waals surface area contributed by atoms with Crippen LogP contribution in [0.25, 0.3) is 0 Å². The first kappa shape index (κ1) is 19.2. The van der Waals surface area contributed by atoms with Gasteiger partial charge in [-0.1, -0.05) is 0 Å². The molecule has 0 radical (unpaired) electrons. The van der Waals surface area contributed by atoms with E-state index in [-0.39, 0.29) is 42.7 Å². The minimum Gasteiger partial charge on any atom is -0.333 e. The van der Waals surface area contributed by atoms with Crippen molar-refractivity contribution in [2.75, 3.05) is 18.4 Å². The minimum atomic E-state index is -4.52. The quantitative estimate of drug-likeness (QED) is 0.872. The predicted molar refractivity (Wildman–Crippen MR) is 81.0 cm³/mol. The second-order valence-corrected chi connectivity index (χ2v) is 5.09. The Kier molecular flexibility index (Phi) is 6.40. The van der Waals surface area contributed by atoms with E-state index in [1.54, 1.807) is 0 Å². The summed E-state index contributed by atoms with van der Waals surface area (Å²) >= 11 is 0. The zero-order valence-electron chi connectivity index (χ0n) is 12.2. The first-order valence-corrected chi connectivity index (χ1v) is 6.78. The van der Waals surface area contributed by atoms with Crippen LogP contribution in [0, 0.1) is 0 Å². The number of alkyl halides is 3. The Labute approximate surface area is 137 Å². The molecule has 1 fully saturated rings. The van der Waals surface area contributed by atoms with Crippen molar-refractivity contribution in [3.8, 4) is 0 Å². The Hall–Kier alpha value is -1.80. The summed E-state index contributed by atoms with van der Waals surface area (Å²) in [6.45, 7) is 0.257. The molecule has 0 unspecified atom stereocenters. The second-order valence-electron chi connectivity index (χ2n) is 5.09. The van der Waals surface area contributed by atoms with Crippen molar-refractivity contribution in [2.45, 2.75) is 25.6 Å². The van der Waals surface area contributed by atoms with Gasteiger partial charge in [-0.05, 0) is 30.2 Å². The summed E-state index contributed by atoms with van der Waals surface area (Å²) in [5, 5.41) is 2.39. The largest absolute Gasteiger partial charge is 0.416 e. The highest BCUT2D eigenvalue weighted by molar-refractivity contribution is 5.95. The number of carbonyl (C=O) groups is 2. The Morgan fingerprint density at radius 3 is 2.52 bits per heavy atom. The molecule has 1 saturated heterocycles. The van der Waals surface area contributed by atoms with Gasteiger partial charge in [0.05, 0.1) is 12.1 Å². The van der Waals surface area contributed by atoms with Crippen molar-refractivity contribution in [1.82, 2.24) is 4.90 Å². The molecule has 0 saturated carbocycles. The number of anilines is 1. The van der Waals surface area contributed by atoms with Crippen molar-refractivity contribution in [2.24, 2.45) is 5.73 Å². The highest BCUT2D eigenvalue weighted by atomic mass is 35.5. The molecular formula is C14H17ClF3N3O2. The first-order chi connectivity index (χ1) is 10.3. The van der Waals surface area contributed by atoms with E-state index in [0.717, 1.165) is 12.1 Å². The number of nitrogens with one attached hydrogen (secondary N) is 1. The molecular weight excluding hydrogens is 335 g/mol. The van der Waals surface area contributed by atoms with Crippen molar-refractivity contribution in [3.63, 3.8) is 0 Å². The summed E-state index contributed by atoms with van der Waals surface area (Å²) < 4.78 is 38.4. The van der Waals surface area contributed by atoms with Crippen molar-refractivity contribution < 1.29 is 22.8 Å². The highest BCUT2D eigenvalue weighted by Crippen LogP contribution is 2.32. The first-order valence-electron chi connectivity index (χ1n) is 6.78. The monoisotopic (exact) mass is 351 g/mol. The van der Waals surface area contributed by atoms with Gasteiger partial charge in [0.2, 0.25) is 11.8 Å². The van der Waals surface area contributed by atoms with E-state index in [9.17, 15) is 22.8 Å². The van der Waals surface area contributed by atoms with E-state index >= 15 is 0 Å². The van der Waals surface area contributed by atoms with E-state index in [1.807, 2.05) is 0 Å². The van der Waals surface area contributed by atoms with Gasteiger partial charge in [0.25, 0.3) is 0 Å². The van der Waals surface area contributed by atoms with Gasteiger partial charge in [0.1, 0.15) is 0 Å². The number of amides is 2. The van der Waals surface area contributed by atoms with Crippen molar-refractivity contribution in [3.05, 3.63) is 29.3 Å². The van der Waals surface area contributed by atoms with Gasteiger partial charge in [0, 0.05) is 25.2 Å². The molecule has 1 heterocycles. The van der Waals surface area contributed by atoms with Crippen LogP contribution in [0.2, 0.25) is 0 Å². The van der Waals surface area contributed by atoms with Gasteiger partial charge >= 0.3 is 6.18 Å². The number of nitrogens with two attached hydrogens (primary N) is 1. The molecule has 0 aromatic heterocycles. The number of carbonyl (C=O) groups excluding carboxylic acids is 2. The number of hydrogen-bond donors (Lipinski definition) is 2. The van der Waals surface area contributed by atoms with Crippen LogP contribution in [0.5, 0.6) is 0 Å². The zero-order valence-corrected chi connectivity index (χ0v) is 13.0. The maximum atomic E-state index is 12.8. The van der Waals surface area contributed by atoms with E-state index in [2.05, 4.69) is 5.32 Å². The van der Waals surface area contributed by atoms with Crippen LogP contribution in [0.4, 0.5) is 18.9 Å². The summed E-state index contributed by atoms with van der Waals surface area (Å²) in [6.07, 6.45) is -3.43. The molecule has 1 aliphatic rings. The molecule has 2 rings (SSSR count). The molecule has 1 aliphatic heterocycles. The maximum absolute atomic E-state index is 12.8. The van der Waals surface area contributed by atoms with E-state index in [4.69, 9.17) is 5.73 Å². The van der Waals surface area contributed by atoms with Crippen LogP contribution in [0.15, 0.2) is 18.2 Å². The molecule has 1 aromatic carbocycles. The fourth-order valence-corrected chi connectivity index (χ4v) is 2.29. The molecule has 0 aliphatic carbocycles. The lowest BCUT2D eigenvalue weighted by molar-refractivity contribution is -0.137. The maximum Gasteiger partial charge on any atom is 0.416 e. The number of rotatable bonds is 4. The summed E-state index contributed by atoms with van der Waals surface area (Å²) in [5.74, 6) is -0.653. The summed E-state index contributed by atoms with van der Waals surface area (Å²) in [5.41, 5.74) is 4.79. The second kappa shape index (κ2) is 7.65. The van der Waals surface area contributed by atoms with Crippen LogP contribution in [-0.4, -0.2) is 29.8 Å². The lowest BCUT2D eigenvalue weighted by Gasteiger charge is -2.16. The van der Waals surface area contributed by atoms with Crippen molar-refractivity contribution in [1.29, 1.82) is 0 Å². The number of nitrogens with zero attached hydrogens (tertiary/aromatic N) is 1. The Morgan fingerprint density at radius 1 is 1.30 bits per heavy atom. The molecule has 128 valence electrons. The summed E-state index contributed by atoms with van der Waals surface area (Å²) in [6, 6.07) is 3.18. The standard InChI is InChI=1S/C14H16F3N3O2.ClH/c15-14(16,17)10-4-9(7-18)5-11(6-10)19-12(21)8-20-3-1-2-13(20)22;/h4-6H,1-3,7-8,18H2,(H,19,21);1H. The third-order valence-corrected chi connectivity index (χ3v) is 3.35. The molecule has 5 nitrogen and oxygen atoms in total. The van der Waals surface area contributed by atoms with Crippen LogP contribution in [-0.2, 0) is 22.3 Å². The van der Waals surface area contributed by atoms with Gasteiger partial charge in [-0.2, -0.15) is 13.2 Å². The lowest BCUT2D eigenvalue weighted by Crippen LogP contribution is -2.34. The van der Waals surface area contributed by atoms with Gasteiger partial charge in [-0.15, -0.1) is 12.4 Å². The van der Waals surface area contributed by atoms with E-state index in [0.29, 0.717) is 19.4 Å². The molecule has 9 heteroatoms. The third-order valence-electron chi connectivity index (χ3n) is 3.35. The van der Waals surface area contributed by atoms with E-state index < -0.39 is 17.6 Å². The molecule has 0 bridgehead atoms. The topological polar surface area (TPSA) is 75.4 Å². The minimum absolute atomic E-state index is 0. The van der Waals surface area contributed by atoms with Crippen LogP contribution in [0.1, 0.15) is 24.0 Å². The van der Waals surface area contributed by atoms with Gasteiger partial charge in [-0.3, -0.25) is 9.59 Å². The molecule has 0 spiro atoms. The van der Waals surface area contributed by atoms with Crippen LogP contribution >= 0.6 is 12.4 Å². The van der Waals surface area contributed by atoms with Crippen molar-refractivity contribution >= 4 is 29.9 Å². The number of benzene rings is 1. The predicted octanol–water partition coefficient (Wildman–Crippen LogP) is 2.15. The Morgan fingerprint density at radius 2 is 2.00 bits per heavy atom. The van der Waals surface area contributed by atoms with Gasteiger partial charge in [-0.25, -0.2) is 0 Å². The molecule has 23 heavy (non-hydrogen) atoms. The number of likely N-dealkylation sites (tertiary alicyclic amines) is 1. The third kappa shape index (κ3) is 5.11. The average molecular weight is 352 g/mol.